The average Bonchev–Trinajstić information content (AvgIpc) is 3.46. The third-order valence-electron chi connectivity index (χ3n) is 4.87. The maximum absolute atomic E-state index is 14.1. The van der Waals surface area contributed by atoms with E-state index in [4.69, 9.17) is 14.0 Å². The highest BCUT2D eigenvalue weighted by atomic mass is 19.1. The summed E-state index contributed by atoms with van der Waals surface area (Å²) in [5.74, 6) is 0.345. The van der Waals surface area contributed by atoms with Crippen LogP contribution in [0.3, 0.4) is 0 Å². The second-order valence-electron chi connectivity index (χ2n) is 6.96. The quantitative estimate of drug-likeness (QED) is 0.586. The Morgan fingerprint density at radius 3 is 2.83 bits per heavy atom. The van der Waals surface area contributed by atoms with E-state index in [0.717, 1.165) is 5.56 Å². The number of ether oxygens (including phenoxy) is 1. The molecular weight excluding hydrogens is 387 g/mol. The van der Waals surface area contributed by atoms with Crippen LogP contribution in [0.1, 0.15) is 28.1 Å². The fraction of sp³-hybridized carbons (Fsp3) is 0.217. The minimum atomic E-state index is -0.385. The van der Waals surface area contributed by atoms with Crippen LogP contribution >= 0.6 is 0 Å². The molecule has 0 spiro atoms. The number of furan rings is 1. The molecule has 1 aromatic heterocycles. The number of rotatable bonds is 7. The zero-order valence-electron chi connectivity index (χ0n) is 16.5. The maximum atomic E-state index is 14.1. The van der Waals surface area contributed by atoms with Gasteiger partial charge < -0.3 is 18.9 Å². The number of amides is 1. The first-order valence-electron chi connectivity index (χ1n) is 9.57. The Labute approximate surface area is 173 Å². The minimum Gasteiger partial charge on any atom is -0.497 e. The zero-order valence-corrected chi connectivity index (χ0v) is 16.5. The summed E-state index contributed by atoms with van der Waals surface area (Å²) in [6.45, 7) is 0.615. The fourth-order valence-electron chi connectivity index (χ4n) is 3.39. The van der Waals surface area contributed by atoms with Crippen molar-refractivity contribution in [2.75, 3.05) is 13.7 Å². The van der Waals surface area contributed by atoms with E-state index < -0.39 is 0 Å². The van der Waals surface area contributed by atoms with Gasteiger partial charge in [-0.15, -0.1) is 0 Å². The van der Waals surface area contributed by atoms with Crippen LogP contribution in [0, 0.1) is 5.82 Å². The van der Waals surface area contributed by atoms with Crippen LogP contribution < -0.4 is 4.74 Å². The summed E-state index contributed by atoms with van der Waals surface area (Å²) in [5.41, 5.74) is 1.85. The van der Waals surface area contributed by atoms with E-state index in [-0.39, 0.29) is 30.1 Å². The van der Waals surface area contributed by atoms with Crippen molar-refractivity contribution in [3.63, 3.8) is 0 Å². The van der Waals surface area contributed by atoms with E-state index in [9.17, 15) is 9.18 Å². The maximum Gasteiger partial charge on any atom is 0.289 e. The van der Waals surface area contributed by atoms with Gasteiger partial charge in [-0.05, 0) is 35.9 Å². The highest BCUT2D eigenvalue weighted by Gasteiger charge is 2.29. The van der Waals surface area contributed by atoms with E-state index in [0.29, 0.717) is 30.0 Å². The SMILES string of the molecule is COc1cccc(CN(CC2CC(c3ccccc3F)=NO2)C(=O)c2ccco2)c1. The zero-order chi connectivity index (χ0) is 20.9. The molecule has 2 aromatic carbocycles. The highest BCUT2D eigenvalue weighted by molar-refractivity contribution is 6.01. The molecule has 0 saturated heterocycles. The van der Waals surface area contributed by atoms with Crippen molar-refractivity contribution in [2.24, 2.45) is 5.16 Å². The minimum absolute atomic E-state index is 0.242. The van der Waals surface area contributed by atoms with E-state index in [1.165, 1.54) is 12.3 Å². The van der Waals surface area contributed by atoms with Gasteiger partial charge in [0.25, 0.3) is 5.91 Å². The molecule has 0 fully saturated rings. The highest BCUT2D eigenvalue weighted by Crippen LogP contribution is 2.22. The van der Waals surface area contributed by atoms with Crippen LogP contribution in [0.4, 0.5) is 4.39 Å². The van der Waals surface area contributed by atoms with Gasteiger partial charge in [0.2, 0.25) is 0 Å². The summed E-state index contributed by atoms with van der Waals surface area (Å²) in [6.07, 6.45) is 1.48. The van der Waals surface area contributed by atoms with Crippen molar-refractivity contribution in [2.45, 2.75) is 19.1 Å². The third-order valence-corrected chi connectivity index (χ3v) is 4.87. The lowest BCUT2D eigenvalue weighted by atomic mass is 10.0. The molecule has 0 saturated carbocycles. The van der Waals surface area contributed by atoms with E-state index in [1.54, 1.807) is 42.3 Å². The summed E-state index contributed by atoms with van der Waals surface area (Å²) < 4.78 is 24.6. The van der Waals surface area contributed by atoms with Crippen LogP contribution in [0.2, 0.25) is 0 Å². The van der Waals surface area contributed by atoms with Crippen molar-refractivity contribution in [1.82, 2.24) is 4.90 Å². The molecule has 30 heavy (non-hydrogen) atoms. The Morgan fingerprint density at radius 2 is 2.07 bits per heavy atom. The van der Waals surface area contributed by atoms with Crippen molar-refractivity contribution >= 4 is 11.6 Å². The first-order valence-corrected chi connectivity index (χ1v) is 9.57. The van der Waals surface area contributed by atoms with Gasteiger partial charge in [0.15, 0.2) is 11.9 Å². The van der Waals surface area contributed by atoms with Gasteiger partial charge in [-0.3, -0.25) is 4.79 Å². The standard InChI is InChI=1S/C23H21FN2O4/c1-28-17-7-4-6-16(12-17)14-26(23(27)22-10-5-11-29-22)15-18-13-21(25-30-18)19-8-2-3-9-20(19)24/h2-12,18H,13-15H2,1H3. The van der Waals surface area contributed by atoms with Crippen molar-refractivity contribution in [3.8, 4) is 5.75 Å². The van der Waals surface area contributed by atoms with Gasteiger partial charge >= 0.3 is 0 Å². The lowest BCUT2D eigenvalue weighted by Gasteiger charge is -2.24. The van der Waals surface area contributed by atoms with Crippen molar-refractivity contribution < 1.29 is 23.2 Å². The normalized spacial score (nSPS) is 15.4. The number of hydrogen-bond acceptors (Lipinski definition) is 5. The molecule has 1 amide bonds. The van der Waals surface area contributed by atoms with Crippen molar-refractivity contribution in [1.29, 1.82) is 0 Å². The van der Waals surface area contributed by atoms with E-state index >= 15 is 0 Å². The molecule has 154 valence electrons. The molecule has 7 heteroatoms. The second-order valence-corrected chi connectivity index (χ2v) is 6.96. The number of benzene rings is 2. The molecule has 0 bridgehead atoms. The van der Waals surface area contributed by atoms with Crippen LogP contribution in [0.25, 0.3) is 0 Å². The Balaban J connectivity index is 1.50. The molecule has 1 aliphatic heterocycles. The number of methoxy groups -OCH3 is 1. The van der Waals surface area contributed by atoms with Gasteiger partial charge in [0.1, 0.15) is 11.6 Å². The summed E-state index contributed by atoms with van der Waals surface area (Å²) in [7, 11) is 1.60. The number of hydrogen-bond donors (Lipinski definition) is 0. The molecule has 3 aromatic rings. The van der Waals surface area contributed by atoms with Crippen LogP contribution in [-0.4, -0.2) is 36.3 Å². The van der Waals surface area contributed by atoms with E-state index in [1.807, 2.05) is 24.3 Å². The predicted octanol–water partition coefficient (Wildman–Crippen LogP) is 4.26. The molecule has 1 atom stereocenters. The molecule has 0 aliphatic carbocycles. The monoisotopic (exact) mass is 408 g/mol. The number of carbonyl (C=O) groups excluding carboxylic acids is 1. The molecule has 2 heterocycles. The molecule has 4 rings (SSSR count). The van der Waals surface area contributed by atoms with Crippen molar-refractivity contribution in [3.05, 3.63) is 89.6 Å². The Morgan fingerprint density at radius 1 is 1.20 bits per heavy atom. The van der Waals surface area contributed by atoms with Gasteiger partial charge in [-0.2, -0.15) is 0 Å². The van der Waals surface area contributed by atoms with Gasteiger partial charge in [0, 0.05) is 18.5 Å². The summed E-state index contributed by atoms with van der Waals surface area (Å²) in [5, 5.41) is 4.05. The first-order chi connectivity index (χ1) is 14.6. The van der Waals surface area contributed by atoms with Crippen LogP contribution in [0.15, 0.2) is 76.5 Å². The molecule has 6 nitrogen and oxygen atoms in total. The molecule has 0 N–H and O–H groups in total. The molecule has 0 radical (unpaired) electrons. The lowest BCUT2D eigenvalue weighted by molar-refractivity contribution is 0.0387. The summed E-state index contributed by atoms with van der Waals surface area (Å²) in [4.78, 5) is 20.2. The first kappa shape index (κ1) is 19.7. The summed E-state index contributed by atoms with van der Waals surface area (Å²) >= 11 is 0. The Kier molecular flexibility index (Phi) is 5.79. The molecule has 1 aliphatic rings. The third kappa shape index (κ3) is 4.35. The Hall–Kier alpha value is -3.61. The van der Waals surface area contributed by atoms with Gasteiger partial charge in [-0.1, -0.05) is 35.5 Å². The summed E-state index contributed by atoms with van der Waals surface area (Å²) in [6, 6.07) is 17.2. The smallest absolute Gasteiger partial charge is 0.289 e. The second kappa shape index (κ2) is 8.82. The lowest BCUT2D eigenvalue weighted by Crippen LogP contribution is -2.37. The fourth-order valence-corrected chi connectivity index (χ4v) is 3.39. The van der Waals surface area contributed by atoms with E-state index in [2.05, 4.69) is 5.16 Å². The Bertz CT molecular complexity index is 1050. The van der Waals surface area contributed by atoms with Crippen LogP contribution in [0.5, 0.6) is 5.75 Å². The van der Waals surface area contributed by atoms with Gasteiger partial charge in [0.05, 0.1) is 25.6 Å². The molecular formula is C23H21FN2O4. The predicted molar refractivity (Wildman–Crippen MR) is 109 cm³/mol. The largest absolute Gasteiger partial charge is 0.497 e. The number of carbonyl (C=O) groups is 1. The molecule has 1 unspecified atom stereocenters. The average molecular weight is 408 g/mol. The number of halogens is 1. The topological polar surface area (TPSA) is 64.3 Å². The number of nitrogens with zero attached hydrogens (tertiary/aromatic N) is 2. The van der Waals surface area contributed by atoms with Crippen LogP contribution in [-0.2, 0) is 11.4 Å². The van der Waals surface area contributed by atoms with Gasteiger partial charge in [-0.25, -0.2) is 4.39 Å². The number of oxime groups is 1.